The molecule has 0 saturated heterocycles. The predicted molar refractivity (Wildman–Crippen MR) is 65.3 cm³/mol. The molecule has 0 aromatic heterocycles. The lowest BCUT2D eigenvalue weighted by molar-refractivity contribution is -0.114. The van der Waals surface area contributed by atoms with Gasteiger partial charge in [0, 0.05) is 18.9 Å². The molecule has 3 N–H and O–H groups in total. The quantitative estimate of drug-likeness (QED) is 0.752. The fraction of sp³-hybridized carbons (Fsp3) is 0.333. The van der Waals surface area contributed by atoms with E-state index in [-0.39, 0.29) is 24.7 Å². The van der Waals surface area contributed by atoms with Gasteiger partial charge in [-0.2, -0.15) is 0 Å². The van der Waals surface area contributed by atoms with E-state index in [4.69, 9.17) is 10.5 Å². The van der Waals surface area contributed by atoms with E-state index >= 15 is 0 Å². The van der Waals surface area contributed by atoms with E-state index in [2.05, 4.69) is 5.32 Å². The molecule has 0 saturated carbocycles. The Morgan fingerprint density at radius 1 is 1.41 bits per heavy atom. The molecule has 0 aliphatic heterocycles. The van der Waals surface area contributed by atoms with Crippen molar-refractivity contribution < 1.29 is 14.3 Å². The highest BCUT2D eigenvalue weighted by molar-refractivity contribution is 6.04. The zero-order chi connectivity index (χ0) is 12.8. The van der Waals surface area contributed by atoms with E-state index in [0.29, 0.717) is 17.0 Å². The van der Waals surface area contributed by atoms with E-state index in [0.717, 1.165) is 0 Å². The summed E-state index contributed by atoms with van der Waals surface area (Å²) in [6.07, 6.45) is 0.236. The number of Topliss-reactive ketones (excluding diaryl/α,β-unsaturated/α-hetero) is 1. The Hall–Kier alpha value is -1.88. The van der Waals surface area contributed by atoms with Crippen molar-refractivity contribution in [1.29, 1.82) is 0 Å². The maximum Gasteiger partial charge on any atom is 0.221 e. The van der Waals surface area contributed by atoms with E-state index in [9.17, 15) is 9.59 Å². The molecular weight excluding hydrogens is 220 g/mol. The molecule has 0 heterocycles. The number of nitrogens with two attached hydrogens (primary N) is 1. The van der Waals surface area contributed by atoms with Crippen molar-refractivity contribution in [2.45, 2.75) is 13.3 Å². The van der Waals surface area contributed by atoms with Crippen molar-refractivity contribution in [3.05, 3.63) is 23.8 Å². The second kappa shape index (κ2) is 6.00. The van der Waals surface area contributed by atoms with Gasteiger partial charge in [0.2, 0.25) is 5.91 Å². The Kier molecular flexibility index (Phi) is 4.66. The summed E-state index contributed by atoms with van der Waals surface area (Å²) in [6.45, 7) is 1.66. The van der Waals surface area contributed by atoms with Gasteiger partial charge >= 0.3 is 0 Å². The van der Waals surface area contributed by atoms with E-state index in [1.54, 1.807) is 18.2 Å². The van der Waals surface area contributed by atoms with Gasteiger partial charge in [-0.25, -0.2) is 0 Å². The average molecular weight is 236 g/mol. The van der Waals surface area contributed by atoms with Gasteiger partial charge in [0.25, 0.3) is 0 Å². The molecule has 0 fully saturated rings. The molecule has 92 valence electrons. The lowest BCUT2D eigenvalue weighted by atomic mass is 10.1. The lowest BCUT2D eigenvalue weighted by Crippen LogP contribution is -2.13. The lowest BCUT2D eigenvalue weighted by Gasteiger charge is -2.10. The van der Waals surface area contributed by atoms with Crippen LogP contribution in [0.5, 0.6) is 5.75 Å². The highest BCUT2D eigenvalue weighted by atomic mass is 16.5. The molecule has 5 heteroatoms. The van der Waals surface area contributed by atoms with Gasteiger partial charge in [-0.05, 0) is 24.7 Å². The predicted octanol–water partition coefficient (Wildman–Crippen LogP) is 1.19. The van der Waals surface area contributed by atoms with E-state index in [1.807, 2.05) is 0 Å². The maximum absolute atomic E-state index is 11.8. The first-order valence-electron chi connectivity index (χ1n) is 5.27. The van der Waals surface area contributed by atoms with Crippen LogP contribution < -0.4 is 15.8 Å². The molecule has 0 atom stereocenters. The summed E-state index contributed by atoms with van der Waals surface area (Å²) in [5, 5.41) is 2.61. The van der Waals surface area contributed by atoms with Crippen LogP contribution in [0.4, 0.5) is 5.69 Å². The first kappa shape index (κ1) is 13.2. The number of hydrogen-bond acceptors (Lipinski definition) is 4. The van der Waals surface area contributed by atoms with Gasteiger partial charge in [-0.3, -0.25) is 9.59 Å². The monoisotopic (exact) mass is 236 g/mol. The van der Waals surface area contributed by atoms with Crippen molar-refractivity contribution in [3.63, 3.8) is 0 Å². The molecule has 5 nitrogen and oxygen atoms in total. The van der Waals surface area contributed by atoms with Crippen LogP contribution in [-0.4, -0.2) is 25.3 Å². The number of rotatable bonds is 5. The zero-order valence-electron chi connectivity index (χ0n) is 9.95. The standard InChI is InChI=1S/C12H16N2O3/c1-8(15)14-11-4-3-9(17-2)7-10(11)12(16)5-6-13/h3-4,7H,5-6,13H2,1-2H3,(H,14,15). The molecule has 0 radical (unpaired) electrons. The summed E-state index contributed by atoms with van der Waals surface area (Å²) in [7, 11) is 1.52. The highest BCUT2D eigenvalue weighted by Gasteiger charge is 2.12. The van der Waals surface area contributed by atoms with Crippen LogP contribution >= 0.6 is 0 Å². The summed E-state index contributed by atoms with van der Waals surface area (Å²) >= 11 is 0. The number of hydrogen-bond donors (Lipinski definition) is 2. The zero-order valence-corrected chi connectivity index (χ0v) is 9.95. The molecule has 1 rings (SSSR count). The Labute approximate surface area is 99.9 Å². The fourth-order valence-electron chi connectivity index (χ4n) is 1.45. The van der Waals surface area contributed by atoms with Crippen LogP contribution in [0.25, 0.3) is 0 Å². The first-order chi connectivity index (χ1) is 8.08. The molecule has 0 spiro atoms. The Morgan fingerprint density at radius 2 is 2.12 bits per heavy atom. The molecule has 17 heavy (non-hydrogen) atoms. The maximum atomic E-state index is 11.8. The summed E-state index contributed by atoms with van der Waals surface area (Å²) in [4.78, 5) is 22.9. The van der Waals surface area contributed by atoms with Crippen molar-refractivity contribution in [2.75, 3.05) is 19.0 Å². The molecule has 0 aliphatic rings. The number of anilines is 1. The summed E-state index contributed by atoms with van der Waals surface area (Å²) < 4.78 is 5.05. The number of benzene rings is 1. The third kappa shape index (κ3) is 3.57. The third-order valence-corrected chi connectivity index (χ3v) is 2.21. The minimum Gasteiger partial charge on any atom is -0.497 e. The van der Waals surface area contributed by atoms with Gasteiger partial charge in [0.05, 0.1) is 12.8 Å². The first-order valence-corrected chi connectivity index (χ1v) is 5.27. The third-order valence-electron chi connectivity index (χ3n) is 2.21. The summed E-state index contributed by atoms with van der Waals surface area (Å²) in [5.74, 6) is 0.228. The molecule has 1 aromatic rings. The fourth-order valence-corrected chi connectivity index (χ4v) is 1.45. The second-order valence-electron chi connectivity index (χ2n) is 3.55. The second-order valence-corrected chi connectivity index (χ2v) is 3.55. The average Bonchev–Trinajstić information content (AvgIpc) is 2.29. The van der Waals surface area contributed by atoms with Crippen LogP contribution in [0.3, 0.4) is 0 Å². The van der Waals surface area contributed by atoms with Gasteiger partial charge in [0.15, 0.2) is 5.78 Å². The minimum absolute atomic E-state index is 0.116. The Morgan fingerprint density at radius 3 is 2.65 bits per heavy atom. The number of ketones is 1. The van der Waals surface area contributed by atoms with Crippen molar-refractivity contribution in [2.24, 2.45) is 5.73 Å². The number of methoxy groups -OCH3 is 1. The highest BCUT2D eigenvalue weighted by Crippen LogP contribution is 2.23. The van der Waals surface area contributed by atoms with Crippen molar-refractivity contribution in [3.8, 4) is 5.75 Å². The Balaban J connectivity index is 3.10. The van der Waals surface area contributed by atoms with Crippen molar-refractivity contribution in [1.82, 2.24) is 0 Å². The van der Waals surface area contributed by atoms with Crippen molar-refractivity contribution >= 4 is 17.4 Å². The minimum atomic E-state index is -0.225. The SMILES string of the molecule is COc1ccc(NC(C)=O)c(C(=O)CCN)c1. The van der Waals surface area contributed by atoms with E-state index < -0.39 is 0 Å². The molecule has 1 aromatic carbocycles. The molecule has 0 aliphatic carbocycles. The van der Waals surface area contributed by atoms with Gasteiger partial charge in [-0.1, -0.05) is 0 Å². The van der Waals surface area contributed by atoms with Crippen LogP contribution in [0.1, 0.15) is 23.7 Å². The summed E-state index contributed by atoms with van der Waals surface area (Å²) in [6, 6.07) is 4.93. The van der Waals surface area contributed by atoms with Crippen LogP contribution in [-0.2, 0) is 4.79 Å². The smallest absolute Gasteiger partial charge is 0.221 e. The number of nitrogens with one attached hydrogen (secondary N) is 1. The van der Waals surface area contributed by atoms with Crippen LogP contribution in [0.2, 0.25) is 0 Å². The number of ether oxygens (including phenoxy) is 1. The van der Waals surface area contributed by atoms with E-state index in [1.165, 1.54) is 14.0 Å². The van der Waals surface area contributed by atoms with Gasteiger partial charge < -0.3 is 15.8 Å². The van der Waals surface area contributed by atoms with Crippen LogP contribution in [0, 0.1) is 0 Å². The summed E-state index contributed by atoms with van der Waals surface area (Å²) in [5.41, 5.74) is 6.25. The van der Waals surface area contributed by atoms with Gasteiger partial charge in [-0.15, -0.1) is 0 Å². The normalized spacial score (nSPS) is 9.82. The van der Waals surface area contributed by atoms with Crippen LogP contribution in [0.15, 0.2) is 18.2 Å². The molecule has 1 amide bonds. The number of carbonyl (C=O) groups excluding carboxylic acids is 2. The number of amides is 1. The largest absolute Gasteiger partial charge is 0.497 e. The number of carbonyl (C=O) groups is 2. The topological polar surface area (TPSA) is 81.4 Å². The molecule has 0 bridgehead atoms. The van der Waals surface area contributed by atoms with Gasteiger partial charge in [0.1, 0.15) is 5.75 Å². The molecular formula is C12H16N2O3. The molecule has 0 unspecified atom stereocenters. The Bertz CT molecular complexity index is 430.